The Balaban J connectivity index is 1.87. The number of amidine groups is 1. The number of esters is 1. The second kappa shape index (κ2) is 11.3. The van der Waals surface area contributed by atoms with E-state index < -0.39 is 30.3 Å². The van der Waals surface area contributed by atoms with Crippen LogP contribution in [-0.4, -0.2) is 61.3 Å². The summed E-state index contributed by atoms with van der Waals surface area (Å²) in [7, 11) is 0. The average molecular weight is 506 g/mol. The fraction of sp³-hybridized carbons (Fsp3) is 0.360. The van der Waals surface area contributed by atoms with E-state index in [9.17, 15) is 18.7 Å². The van der Waals surface area contributed by atoms with E-state index in [4.69, 9.17) is 26.1 Å². The summed E-state index contributed by atoms with van der Waals surface area (Å²) in [6.07, 6.45) is 0. The molecule has 7 nitrogen and oxygen atoms in total. The first kappa shape index (κ1) is 25.2. The fourth-order valence-electron chi connectivity index (χ4n) is 4.16. The van der Waals surface area contributed by atoms with E-state index >= 15 is 0 Å². The number of hydrogen-bond acceptors (Lipinski definition) is 7. The molecule has 35 heavy (non-hydrogen) atoms. The van der Waals surface area contributed by atoms with Crippen LogP contribution in [0.15, 0.2) is 52.7 Å². The van der Waals surface area contributed by atoms with Crippen molar-refractivity contribution in [3.8, 4) is 0 Å². The number of ether oxygens (including phenoxy) is 2. The standard InChI is InChI=1S/C25H26ClF2N3O4/c1-2-35-25(33)22-21(13-31-7-9-34-10-8-31)29-24(18-5-3-16(27)11-15(18)14-32)30-23(22)19-6-4-17(28)12-20(19)26/h3-6,11-12,23,32H,2,7-10,13-14H2,1H3,(H,29,30). The quantitative estimate of drug-likeness (QED) is 0.562. The molecule has 0 saturated carbocycles. The summed E-state index contributed by atoms with van der Waals surface area (Å²) in [5.41, 5.74) is 2.00. The molecule has 1 fully saturated rings. The summed E-state index contributed by atoms with van der Waals surface area (Å²) in [4.78, 5) is 20.0. The smallest absolute Gasteiger partial charge is 0.338 e. The van der Waals surface area contributed by atoms with Crippen LogP contribution in [0, 0.1) is 11.6 Å². The Labute approximate surface area is 207 Å². The molecule has 1 atom stereocenters. The lowest BCUT2D eigenvalue weighted by atomic mass is 9.94. The number of hydrogen-bond donors (Lipinski definition) is 2. The third-order valence-electron chi connectivity index (χ3n) is 5.86. The van der Waals surface area contributed by atoms with Crippen molar-refractivity contribution in [1.29, 1.82) is 0 Å². The van der Waals surface area contributed by atoms with Crippen LogP contribution in [0.4, 0.5) is 8.78 Å². The molecule has 2 aliphatic heterocycles. The summed E-state index contributed by atoms with van der Waals surface area (Å²) in [5.74, 6) is -1.26. The maximum Gasteiger partial charge on any atom is 0.338 e. The SMILES string of the molecule is CCOC(=O)C1=C(CN2CCOCC2)NC(c2ccc(F)cc2CO)=NC1c1ccc(F)cc1Cl. The topological polar surface area (TPSA) is 83.4 Å². The molecule has 2 aromatic carbocycles. The van der Waals surface area contributed by atoms with Gasteiger partial charge in [-0.1, -0.05) is 17.7 Å². The van der Waals surface area contributed by atoms with E-state index in [-0.39, 0.29) is 17.2 Å². The summed E-state index contributed by atoms with van der Waals surface area (Å²) >= 11 is 6.40. The van der Waals surface area contributed by atoms with Crippen molar-refractivity contribution in [3.05, 3.63) is 81.0 Å². The number of benzene rings is 2. The van der Waals surface area contributed by atoms with Crippen LogP contribution in [0.1, 0.15) is 29.7 Å². The molecule has 1 unspecified atom stereocenters. The van der Waals surface area contributed by atoms with Gasteiger partial charge in [-0.2, -0.15) is 0 Å². The summed E-state index contributed by atoms with van der Waals surface area (Å²) in [6, 6.07) is 6.99. The van der Waals surface area contributed by atoms with Gasteiger partial charge in [0.05, 0.1) is 32.0 Å². The van der Waals surface area contributed by atoms with Gasteiger partial charge >= 0.3 is 5.97 Å². The molecule has 0 bridgehead atoms. The Morgan fingerprint density at radius 3 is 2.63 bits per heavy atom. The Morgan fingerprint density at radius 1 is 1.23 bits per heavy atom. The molecular formula is C25H26ClF2N3O4. The second-order valence-corrected chi connectivity index (χ2v) is 8.54. The van der Waals surface area contributed by atoms with Crippen LogP contribution in [0.5, 0.6) is 0 Å². The van der Waals surface area contributed by atoms with Crippen molar-refractivity contribution in [2.24, 2.45) is 4.99 Å². The van der Waals surface area contributed by atoms with Crippen LogP contribution >= 0.6 is 11.6 Å². The molecule has 186 valence electrons. The minimum Gasteiger partial charge on any atom is -0.463 e. The van der Waals surface area contributed by atoms with Gasteiger partial charge in [-0.15, -0.1) is 0 Å². The van der Waals surface area contributed by atoms with Gasteiger partial charge < -0.3 is 19.9 Å². The minimum atomic E-state index is -0.911. The molecule has 4 rings (SSSR count). The molecule has 0 amide bonds. The van der Waals surface area contributed by atoms with Crippen molar-refractivity contribution in [3.63, 3.8) is 0 Å². The lowest BCUT2D eigenvalue weighted by molar-refractivity contribution is -0.139. The predicted molar refractivity (Wildman–Crippen MR) is 127 cm³/mol. The monoisotopic (exact) mass is 505 g/mol. The second-order valence-electron chi connectivity index (χ2n) is 8.13. The predicted octanol–water partition coefficient (Wildman–Crippen LogP) is 3.35. The molecule has 0 radical (unpaired) electrons. The van der Waals surface area contributed by atoms with Gasteiger partial charge in [-0.05, 0) is 42.8 Å². The van der Waals surface area contributed by atoms with Crippen LogP contribution < -0.4 is 5.32 Å². The van der Waals surface area contributed by atoms with E-state index in [2.05, 4.69) is 10.2 Å². The summed E-state index contributed by atoms with van der Waals surface area (Å²) in [5, 5.41) is 13.2. The molecular weight excluding hydrogens is 480 g/mol. The molecule has 0 aromatic heterocycles. The number of morpholine rings is 1. The number of aliphatic hydroxyl groups excluding tert-OH is 1. The molecule has 2 aliphatic rings. The lowest BCUT2D eigenvalue weighted by Crippen LogP contribution is -2.43. The molecule has 0 aliphatic carbocycles. The van der Waals surface area contributed by atoms with Crippen molar-refractivity contribution in [1.82, 2.24) is 10.2 Å². The summed E-state index contributed by atoms with van der Waals surface area (Å²) < 4.78 is 38.5. The Morgan fingerprint density at radius 2 is 1.94 bits per heavy atom. The number of aliphatic imine (C=N–C) groups is 1. The van der Waals surface area contributed by atoms with Gasteiger partial charge in [0.2, 0.25) is 0 Å². The molecule has 1 saturated heterocycles. The van der Waals surface area contributed by atoms with E-state index in [1.807, 2.05) is 0 Å². The number of halogens is 3. The van der Waals surface area contributed by atoms with E-state index in [0.29, 0.717) is 61.1 Å². The van der Waals surface area contributed by atoms with Crippen molar-refractivity contribution < 1.29 is 28.2 Å². The van der Waals surface area contributed by atoms with Crippen molar-refractivity contribution >= 4 is 23.4 Å². The lowest BCUT2D eigenvalue weighted by Gasteiger charge is -2.33. The van der Waals surface area contributed by atoms with Crippen molar-refractivity contribution in [2.45, 2.75) is 19.6 Å². The molecule has 2 N–H and O–H groups in total. The van der Waals surface area contributed by atoms with Gasteiger partial charge in [-0.25, -0.2) is 13.6 Å². The number of carbonyl (C=O) groups is 1. The highest BCUT2D eigenvalue weighted by Gasteiger charge is 2.34. The normalized spacial score (nSPS) is 18.8. The molecule has 0 spiro atoms. The average Bonchev–Trinajstić information content (AvgIpc) is 2.84. The molecule has 2 heterocycles. The number of nitrogens with one attached hydrogen (secondary N) is 1. The van der Waals surface area contributed by atoms with E-state index in [0.717, 1.165) is 6.07 Å². The highest BCUT2D eigenvalue weighted by Crippen LogP contribution is 2.37. The molecule has 10 heteroatoms. The van der Waals surface area contributed by atoms with Gasteiger partial charge in [0.1, 0.15) is 23.5 Å². The third kappa shape index (κ3) is 5.70. The van der Waals surface area contributed by atoms with Gasteiger partial charge in [0.25, 0.3) is 0 Å². The zero-order chi connectivity index (χ0) is 24.9. The zero-order valence-corrected chi connectivity index (χ0v) is 19.9. The van der Waals surface area contributed by atoms with Crippen LogP contribution in [-0.2, 0) is 20.9 Å². The fourth-order valence-corrected chi connectivity index (χ4v) is 4.43. The first-order chi connectivity index (χ1) is 16.9. The van der Waals surface area contributed by atoms with E-state index in [1.165, 1.54) is 30.3 Å². The van der Waals surface area contributed by atoms with Gasteiger partial charge in [0.15, 0.2) is 0 Å². The zero-order valence-electron chi connectivity index (χ0n) is 19.2. The highest BCUT2D eigenvalue weighted by molar-refractivity contribution is 6.31. The Bertz CT molecular complexity index is 1170. The van der Waals surface area contributed by atoms with Gasteiger partial charge in [0, 0.05) is 41.5 Å². The highest BCUT2D eigenvalue weighted by atomic mass is 35.5. The van der Waals surface area contributed by atoms with Crippen LogP contribution in [0.2, 0.25) is 5.02 Å². The van der Waals surface area contributed by atoms with Crippen LogP contribution in [0.25, 0.3) is 0 Å². The van der Waals surface area contributed by atoms with E-state index in [1.54, 1.807) is 6.92 Å². The van der Waals surface area contributed by atoms with Gasteiger partial charge in [-0.3, -0.25) is 9.89 Å². The summed E-state index contributed by atoms with van der Waals surface area (Å²) in [6.45, 7) is 4.25. The molecule has 2 aromatic rings. The maximum absolute atomic E-state index is 13.9. The first-order valence-electron chi connectivity index (χ1n) is 11.3. The third-order valence-corrected chi connectivity index (χ3v) is 6.18. The number of rotatable bonds is 7. The Hall–Kier alpha value is -2.85. The number of nitrogens with zero attached hydrogens (tertiary/aromatic N) is 2. The van der Waals surface area contributed by atoms with Crippen molar-refractivity contribution in [2.75, 3.05) is 39.5 Å². The maximum atomic E-state index is 13.9. The minimum absolute atomic E-state index is 0.106. The number of aliphatic hydroxyl groups is 1. The largest absolute Gasteiger partial charge is 0.463 e. The Kier molecular flexibility index (Phi) is 8.12. The first-order valence-corrected chi connectivity index (χ1v) is 11.7. The number of carbonyl (C=O) groups excluding carboxylic acids is 1. The van der Waals surface area contributed by atoms with Crippen LogP contribution in [0.3, 0.4) is 0 Å².